The maximum atomic E-state index is 13.9. The number of benzene rings is 5. The number of rotatable bonds is 14. The van der Waals surface area contributed by atoms with Gasteiger partial charge in [0.15, 0.2) is 6.61 Å². The summed E-state index contributed by atoms with van der Waals surface area (Å²) < 4.78 is 60.8. The number of anilines is 1. The first-order chi connectivity index (χ1) is 23.6. The molecule has 5 aromatic rings. The number of carbonyl (C=O) groups excluding carboxylic acids is 2. The van der Waals surface area contributed by atoms with Crippen LogP contribution in [0.3, 0.4) is 0 Å². The second-order valence-electron chi connectivity index (χ2n) is 11.0. The average molecular weight is 704 g/mol. The van der Waals surface area contributed by atoms with E-state index in [1.807, 2.05) is 30.3 Å². The fourth-order valence-corrected chi connectivity index (χ4v) is 6.22. The highest BCUT2D eigenvalue weighted by Gasteiger charge is 2.31. The molecule has 8 nitrogen and oxygen atoms in total. The lowest BCUT2D eigenvalue weighted by molar-refractivity contribution is -0.142. The monoisotopic (exact) mass is 703 g/mol. The van der Waals surface area contributed by atoms with E-state index in [4.69, 9.17) is 16.3 Å². The van der Waals surface area contributed by atoms with Crippen molar-refractivity contribution in [3.8, 4) is 5.75 Å². The lowest BCUT2D eigenvalue weighted by Gasteiger charge is -2.31. The molecule has 49 heavy (non-hydrogen) atoms. The van der Waals surface area contributed by atoms with Crippen molar-refractivity contribution in [2.75, 3.05) is 11.3 Å². The first kappa shape index (κ1) is 35.1. The van der Waals surface area contributed by atoms with Gasteiger partial charge in [-0.2, -0.15) is 0 Å². The van der Waals surface area contributed by atoms with E-state index in [1.54, 1.807) is 24.3 Å². The summed E-state index contributed by atoms with van der Waals surface area (Å²) >= 11 is 6.31. The summed E-state index contributed by atoms with van der Waals surface area (Å²) in [4.78, 5) is 29.0. The van der Waals surface area contributed by atoms with Crippen LogP contribution < -0.4 is 14.8 Å². The number of sulfonamides is 1. The zero-order valence-corrected chi connectivity index (χ0v) is 27.6. The van der Waals surface area contributed by atoms with Crippen molar-refractivity contribution < 1.29 is 31.5 Å². The first-order valence-electron chi connectivity index (χ1n) is 15.2. The summed E-state index contributed by atoms with van der Waals surface area (Å²) in [5.41, 5.74) is 2.29. The van der Waals surface area contributed by atoms with Gasteiger partial charge in [-0.05, 0) is 83.4 Å². The van der Waals surface area contributed by atoms with Gasteiger partial charge in [-0.25, -0.2) is 17.2 Å². The van der Waals surface area contributed by atoms with Crippen LogP contribution >= 0.6 is 11.6 Å². The van der Waals surface area contributed by atoms with Gasteiger partial charge in [0.2, 0.25) is 5.91 Å². The van der Waals surface area contributed by atoms with E-state index in [-0.39, 0.29) is 35.8 Å². The lowest BCUT2D eigenvalue weighted by atomic mass is 10.0. The molecular formula is C37H32ClF2N3O5S. The van der Waals surface area contributed by atoms with Crippen LogP contribution in [0.5, 0.6) is 5.75 Å². The van der Waals surface area contributed by atoms with E-state index in [0.717, 1.165) is 17.7 Å². The van der Waals surface area contributed by atoms with E-state index in [2.05, 4.69) is 10.0 Å². The topological polar surface area (TPSA) is 105 Å². The average Bonchev–Trinajstić information content (AvgIpc) is 3.10. The normalized spacial score (nSPS) is 11.7. The smallest absolute Gasteiger partial charge is 0.261 e. The highest BCUT2D eigenvalue weighted by molar-refractivity contribution is 7.92. The molecule has 0 aromatic heterocycles. The summed E-state index contributed by atoms with van der Waals surface area (Å²) in [6.45, 7) is -0.375. The van der Waals surface area contributed by atoms with Crippen LogP contribution in [0.1, 0.15) is 16.7 Å². The molecule has 0 spiro atoms. The van der Waals surface area contributed by atoms with Crippen molar-refractivity contribution in [1.82, 2.24) is 10.2 Å². The number of carbonyl (C=O) groups is 2. The summed E-state index contributed by atoms with van der Waals surface area (Å²) in [5.74, 6) is -1.70. The zero-order valence-electron chi connectivity index (χ0n) is 26.1. The molecule has 2 amide bonds. The molecule has 5 aromatic carbocycles. The zero-order chi connectivity index (χ0) is 34.8. The number of amides is 2. The van der Waals surface area contributed by atoms with Gasteiger partial charge in [-0.1, -0.05) is 72.3 Å². The number of hydrogen-bond donors (Lipinski definition) is 2. The van der Waals surface area contributed by atoms with Gasteiger partial charge in [-0.15, -0.1) is 0 Å². The molecule has 1 atom stereocenters. The summed E-state index contributed by atoms with van der Waals surface area (Å²) in [5, 5.41) is 3.39. The van der Waals surface area contributed by atoms with Crippen LogP contribution in [-0.4, -0.2) is 37.8 Å². The summed E-state index contributed by atoms with van der Waals surface area (Å²) in [6, 6.07) is 31.3. The molecule has 0 bridgehead atoms. The van der Waals surface area contributed by atoms with Gasteiger partial charge in [0.05, 0.1) is 4.90 Å². The van der Waals surface area contributed by atoms with Gasteiger partial charge in [-0.3, -0.25) is 14.3 Å². The predicted octanol–water partition coefficient (Wildman–Crippen LogP) is 6.75. The Morgan fingerprint density at radius 1 is 0.755 bits per heavy atom. The molecule has 0 heterocycles. The number of nitrogens with one attached hydrogen (secondary N) is 2. The second kappa shape index (κ2) is 16.2. The molecule has 0 saturated heterocycles. The second-order valence-corrected chi connectivity index (χ2v) is 13.1. The minimum atomic E-state index is -3.99. The Balaban J connectivity index is 1.35. The molecule has 0 aliphatic rings. The maximum Gasteiger partial charge on any atom is 0.261 e. The Morgan fingerprint density at radius 3 is 2.02 bits per heavy atom. The molecule has 1 unspecified atom stereocenters. The van der Waals surface area contributed by atoms with Crippen molar-refractivity contribution in [1.29, 1.82) is 0 Å². The van der Waals surface area contributed by atoms with Crippen LogP contribution in [0.4, 0.5) is 14.5 Å². The third kappa shape index (κ3) is 9.88. The Morgan fingerprint density at radius 2 is 1.37 bits per heavy atom. The fourth-order valence-electron chi connectivity index (χ4n) is 4.96. The Hall–Kier alpha value is -5.26. The van der Waals surface area contributed by atoms with Crippen molar-refractivity contribution in [3.63, 3.8) is 0 Å². The van der Waals surface area contributed by atoms with Crippen LogP contribution in [-0.2, 0) is 39.1 Å². The number of nitrogens with zero attached hydrogens (tertiary/aromatic N) is 1. The van der Waals surface area contributed by atoms with Crippen molar-refractivity contribution in [2.45, 2.75) is 30.4 Å². The number of hydrogen-bond acceptors (Lipinski definition) is 5. The van der Waals surface area contributed by atoms with Gasteiger partial charge < -0.3 is 15.0 Å². The van der Waals surface area contributed by atoms with Crippen LogP contribution in [0.15, 0.2) is 132 Å². The third-order valence-electron chi connectivity index (χ3n) is 7.54. The van der Waals surface area contributed by atoms with E-state index in [1.165, 1.54) is 65.6 Å². The molecule has 0 aliphatic heterocycles. The molecule has 12 heteroatoms. The van der Waals surface area contributed by atoms with Crippen LogP contribution in [0.2, 0.25) is 5.02 Å². The van der Waals surface area contributed by atoms with E-state index < -0.39 is 46.1 Å². The van der Waals surface area contributed by atoms with E-state index >= 15 is 0 Å². The molecule has 0 saturated carbocycles. The molecule has 0 aliphatic carbocycles. The number of halogens is 3. The van der Waals surface area contributed by atoms with Gasteiger partial charge >= 0.3 is 0 Å². The molecular weight excluding hydrogens is 672 g/mol. The van der Waals surface area contributed by atoms with Gasteiger partial charge in [0, 0.05) is 30.2 Å². The minimum Gasteiger partial charge on any atom is -0.484 e. The largest absolute Gasteiger partial charge is 0.484 e. The van der Waals surface area contributed by atoms with Crippen LogP contribution in [0.25, 0.3) is 0 Å². The standard InChI is InChI=1S/C37H32ClF2N3O5S/c38-34-9-5-4-8-28(34)23-41-37(45)35(22-26-6-2-1-3-7-26)43(24-27-10-12-29(39)13-11-27)36(44)25-48-32-18-20-33(21-19-32)49(46,47)42-31-16-14-30(40)15-17-31/h1-21,35,42H,22-25H2,(H,41,45). The third-order valence-corrected chi connectivity index (χ3v) is 9.31. The van der Waals surface area contributed by atoms with Crippen molar-refractivity contribution in [2.24, 2.45) is 0 Å². The quantitative estimate of drug-likeness (QED) is 0.133. The fraction of sp³-hybridized carbons (Fsp3) is 0.135. The van der Waals surface area contributed by atoms with Gasteiger partial charge in [0.25, 0.3) is 15.9 Å². The van der Waals surface area contributed by atoms with E-state index in [9.17, 15) is 26.8 Å². The van der Waals surface area contributed by atoms with Crippen molar-refractivity contribution in [3.05, 3.63) is 161 Å². The van der Waals surface area contributed by atoms with E-state index in [0.29, 0.717) is 16.1 Å². The predicted molar refractivity (Wildman–Crippen MR) is 183 cm³/mol. The SMILES string of the molecule is O=C(NCc1ccccc1Cl)C(Cc1ccccc1)N(Cc1ccc(F)cc1)C(=O)COc1ccc(S(=O)(=O)Nc2ccc(F)cc2)cc1. The molecule has 0 fully saturated rings. The summed E-state index contributed by atoms with van der Waals surface area (Å²) in [6.07, 6.45) is 0.176. The maximum absolute atomic E-state index is 13.9. The van der Waals surface area contributed by atoms with Gasteiger partial charge in [0.1, 0.15) is 23.4 Å². The Labute approximate surface area is 288 Å². The lowest BCUT2D eigenvalue weighted by Crippen LogP contribution is -2.51. The highest BCUT2D eigenvalue weighted by atomic mass is 35.5. The summed E-state index contributed by atoms with van der Waals surface area (Å²) in [7, 11) is -3.99. The molecule has 2 N–H and O–H groups in total. The molecule has 252 valence electrons. The van der Waals surface area contributed by atoms with Crippen LogP contribution in [0, 0.1) is 11.6 Å². The first-order valence-corrected chi connectivity index (χ1v) is 17.0. The van der Waals surface area contributed by atoms with Crippen molar-refractivity contribution >= 4 is 39.1 Å². The number of ether oxygens (including phenoxy) is 1. The Kier molecular flexibility index (Phi) is 11.6. The Bertz CT molecular complexity index is 1980. The molecule has 0 radical (unpaired) electrons. The molecule has 5 rings (SSSR count). The highest BCUT2D eigenvalue weighted by Crippen LogP contribution is 2.21. The minimum absolute atomic E-state index is 0.0221.